The molecule has 0 radical (unpaired) electrons. The van der Waals surface area contributed by atoms with E-state index in [1.54, 1.807) is 6.07 Å². The van der Waals surface area contributed by atoms with E-state index in [0.29, 0.717) is 27.5 Å². The minimum atomic E-state index is -0.698. The van der Waals surface area contributed by atoms with Gasteiger partial charge in [-0.05, 0) is 31.0 Å². The Hall–Kier alpha value is -2.63. The van der Waals surface area contributed by atoms with Crippen LogP contribution >= 0.6 is 34.7 Å². The maximum absolute atomic E-state index is 12.8. The molecule has 0 bridgehead atoms. The zero-order chi connectivity index (χ0) is 22.7. The third-order valence-corrected chi connectivity index (χ3v) is 6.93. The van der Waals surface area contributed by atoms with Crippen molar-refractivity contribution >= 4 is 57.1 Å². The van der Waals surface area contributed by atoms with Gasteiger partial charge in [0.05, 0.1) is 5.75 Å². The lowest BCUT2D eigenvalue weighted by atomic mass is 10.2. The quantitative estimate of drug-likeness (QED) is 0.372. The molecule has 1 aromatic carbocycles. The molecule has 0 amide bonds. The summed E-state index contributed by atoms with van der Waals surface area (Å²) in [5, 5.41) is 12.5. The second-order valence-corrected chi connectivity index (χ2v) is 9.29. The lowest BCUT2D eigenvalue weighted by Crippen LogP contribution is -2.42. The van der Waals surface area contributed by atoms with Crippen LogP contribution in [-0.2, 0) is 13.6 Å². The van der Waals surface area contributed by atoms with Gasteiger partial charge >= 0.3 is 5.69 Å². The van der Waals surface area contributed by atoms with Crippen LogP contribution in [0.1, 0.15) is 29.3 Å². The van der Waals surface area contributed by atoms with E-state index < -0.39 is 17.0 Å². The highest BCUT2D eigenvalue weighted by Crippen LogP contribution is 2.31. The van der Waals surface area contributed by atoms with E-state index in [-0.39, 0.29) is 17.1 Å². The molecule has 12 heteroatoms. The number of hydrogen-bond donors (Lipinski definition) is 2. The van der Waals surface area contributed by atoms with Gasteiger partial charge in [0.2, 0.25) is 5.13 Å². The van der Waals surface area contributed by atoms with Gasteiger partial charge in [-0.15, -0.1) is 10.2 Å². The lowest BCUT2D eigenvalue weighted by molar-refractivity contribution is 0.102. The molecule has 9 nitrogen and oxygen atoms in total. The summed E-state index contributed by atoms with van der Waals surface area (Å²) in [4.78, 5) is 37.5. The fourth-order valence-corrected chi connectivity index (χ4v) is 4.67. The van der Waals surface area contributed by atoms with E-state index >= 15 is 0 Å². The van der Waals surface area contributed by atoms with Crippen LogP contribution in [0.4, 0.5) is 16.6 Å². The third kappa shape index (κ3) is 4.83. The van der Waals surface area contributed by atoms with E-state index in [4.69, 9.17) is 17.3 Å². The number of anilines is 3. The Morgan fingerprint density at radius 1 is 1.32 bits per heavy atom. The zero-order valence-corrected chi connectivity index (χ0v) is 19.5. The molecule has 2 aromatic heterocycles. The second-order valence-electron chi connectivity index (χ2n) is 6.68. The summed E-state index contributed by atoms with van der Waals surface area (Å²) in [7, 11) is 1.33. The average molecular weight is 481 g/mol. The fraction of sp³-hybridized carbons (Fsp3) is 0.316. The number of halogens is 1. The SMILES string of the molecule is CCCn1c(N)c(C(=O)CSc2nnc(Nc3cccc(Cl)c3C)s2)c(=O)n(C)c1=O. The van der Waals surface area contributed by atoms with Crippen LogP contribution in [0.25, 0.3) is 0 Å². The molecule has 0 saturated heterocycles. The standard InChI is InChI=1S/C19H21ClN6O3S2/c1-4-8-26-15(21)14(16(28)25(3)19(26)29)13(27)9-30-18-24-23-17(31-18)22-12-7-5-6-11(20)10(12)2/h5-7H,4,8-9,21H2,1-3H3,(H,22,23). The highest BCUT2D eigenvalue weighted by Gasteiger charge is 2.22. The molecule has 31 heavy (non-hydrogen) atoms. The number of ketones is 1. The highest BCUT2D eigenvalue weighted by atomic mass is 35.5. The molecule has 0 aliphatic carbocycles. The van der Waals surface area contributed by atoms with Gasteiger partial charge in [-0.2, -0.15) is 0 Å². The maximum Gasteiger partial charge on any atom is 0.332 e. The first kappa shape index (κ1) is 23.0. The first-order chi connectivity index (χ1) is 14.7. The number of benzene rings is 1. The van der Waals surface area contributed by atoms with Crippen molar-refractivity contribution in [1.82, 2.24) is 19.3 Å². The molecule has 2 heterocycles. The average Bonchev–Trinajstić information content (AvgIpc) is 3.19. The van der Waals surface area contributed by atoms with Crippen LogP contribution in [0.3, 0.4) is 0 Å². The van der Waals surface area contributed by atoms with E-state index in [1.807, 2.05) is 26.0 Å². The van der Waals surface area contributed by atoms with E-state index in [2.05, 4.69) is 15.5 Å². The first-order valence-electron chi connectivity index (χ1n) is 9.35. The van der Waals surface area contributed by atoms with Crippen molar-refractivity contribution in [2.75, 3.05) is 16.8 Å². The molecule has 164 valence electrons. The Labute approximate surface area is 191 Å². The number of carbonyl (C=O) groups is 1. The Kier molecular flexibility index (Phi) is 7.19. The number of carbonyl (C=O) groups excluding carboxylic acids is 1. The van der Waals surface area contributed by atoms with Crippen molar-refractivity contribution in [3.8, 4) is 0 Å². The molecule has 0 fully saturated rings. The highest BCUT2D eigenvalue weighted by molar-refractivity contribution is 8.01. The molecule has 3 N–H and O–H groups in total. The third-order valence-electron chi connectivity index (χ3n) is 4.55. The summed E-state index contributed by atoms with van der Waals surface area (Å²) < 4.78 is 2.71. The number of hydrogen-bond acceptors (Lipinski definition) is 9. The molecule has 0 unspecified atom stereocenters. The minimum Gasteiger partial charge on any atom is -0.384 e. The Morgan fingerprint density at radius 2 is 2.06 bits per heavy atom. The van der Waals surface area contributed by atoms with E-state index in [0.717, 1.165) is 27.6 Å². The summed E-state index contributed by atoms with van der Waals surface area (Å²) in [5.41, 5.74) is 6.28. The number of aromatic nitrogens is 4. The monoisotopic (exact) mass is 480 g/mol. The fourth-order valence-electron chi connectivity index (χ4n) is 2.86. The first-order valence-corrected chi connectivity index (χ1v) is 11.5. The van der Waals surface area contributed by atoms with Crippen molar-refractivity contribution < 1.29 is 4.79 Å². The molecular formula is C19H21ClN6O3S2. The number of thioether (sulfide) groups is 1. The Bertz CT molecular complexity index is 1250. The topological polar surface area (TPSA) is 125 Å². The van der Waals surface area contributed by atoms with Gasteiger partial charge in [-0.25, -0.2) is 4.79 Å². The van der Waals surface area contributed by atoms with Crippen LogP contribution < -0.4 is 22.3 Å². The van der Waals surface area contributed by atoms with Crippen molar-refractivity contribution in [3.63, 3.8) is 0 Å². The molecule has 0 aliphatic heterocycles. The van der Waals surface area contributed by atoms with Crippen LogP contribution in [0.5, 0.6) is 0 Å². The summed E-state index contributed by atoms with van der Waals surface area (Å²) in [5.74, 6) is -0.630. The van der Waals surface area contributed by atoms with Gasteiger partial charge < -0.3 is 11.1 Å². The minimum absolute atomic E-state index is 0.0609. The molecule has 0 spiro atoms. The zero-order valence-electron chi connectivity index (χ0n) is 17.1. The predicted molar refractivity (Wildman–Crippen MR) is 125 cm³/mol. The van der Waals surface area contributed by atoms with Gasteiger partial charge in [0.1, 0.15) is 11.4 Å². The number of rotatable bonds is 8. The summed E-state index contributed by atoms with van der Waals surface area (Å²) in [6, 6.07) is 5.51. The number of nitrogens with zero attached hydrogens (tertiary/aromatic N) is 4. The Morgan fingerprint density at radius 3 is 2.77 bits per heavy atom. The van der Waals surface area contributed by atoms with Gasteiger partial charge in [0, 0.05) is 24.3 Å². The van der Waals surface area contributed by atoms with Gasteiger partial charge in [-0.3, -0.25) is 18.7 Å². The number of Topliss-reactive ketones (excluding diaryl/α,β-unsaturated/α-hetero) is 1. The number of nitrogens with two attached hydrogens (primary N) is 1. The number of nitrogens with one attached hydrogen (secondary N) is 1. The van der Waals surface area contributed by atoms with Crippen LogP contribution in [0.15, 0.2) is 32.1 Å². The second kappa shape index (κ2) is 9.67. The van der Waals surface area contributed by atoms with Gasteiger partial charge in [0.15, 0.2) is 10.1 Å². The van der Waals surface area contributed by atoms with Crippen molar-refractivity contribution in [2.24, 2.45) is 7.05 Å². The van der Waals surface area contributed by atoms with Gasteiger partial charge in [0.25, 0.3) is 5.56 Å². The van der Waals surface area contributed by atoms with Gasteiger partial charge in [-0.1, -0.05) is 47.7 Å². The molecular weight excluding hydrogens is 460 g/mol. The molecule has 0 aliphatic rings. The Balaban J connectivity index is 1.76. The predicted octanol–water partition coefficient (Wildman–Crippen LogP) is 3.07. The lowest BCUT2D eigenvalue weighted by Gasteiger charge is -2.13. The summed E-state index contributed by atoms with van der Waals surface area (Å²) in [6.45, 7) is 4.09. The summed E-state index contributed by atoms with van der Waals surface area (Å²) >= 11 is 8.55. The van der Waals surface area contributed by atoms with Crippen molar-refractivity contribution in [3.05, 3.63) is 55.2 Å². The molecule has 0 atom stereocenters. The maximum atomic E-state index is 12.8. The number of nitrogen functional groups attached to an aromatic ring is 1. The van der Waals surface area contributed by atoms with Crippen molar-refractivity contribution in [1.29, 1.82) is 0 Å². The molecule has 0 saturated carbocycles. The van der Waals surface area contributed by atoms with Crippen LogP contribution in [0.2, 0.25) is 5.02 Å². The van der Waals surface area contributed by atoms with Crippen molar-refractivity contribution in [2.45, 2.75) is 31.2 Å². The largest absolute Gasteiger partial charge is 0.384 e. The van der Waals surface area contributed by atoms with E-state index in [1.165, 1.54) is 23.0 Å². The molecule has 3 aromatic rings. The van der Waals surface area contributed by atoms with Crippen LogP contribution in [-0.4, -0.2) is 30.9 Å². The summed E-state index contributed by atoms with van der Waals surface area (Å²) in [6.07, 6.45) is 0.636. The molecule has 3 rings (SSSR count). The van der Waals surface area contributed by atoms with E-state index in [9.17, 15) is 14.4 Å². The normalized spacial score (nSPS) is 11.0. The van der Waals surface area contributed by atoms with Crippen LogP contribution in [0, 0.1) is 6.92 Å². The smallest absolute Gasteiger partial charge is 0.332 e.